The Morgan fingerprint density at radius 1 is 1.39 bits per heavy atom. The molecule has 1 saturated heterocycles. The van der Waals surface area contributed by atoms with Gasteiger partial charge >= 0.3 is 5.97 Å². The molecule has 1 aliphatic rings. The van der Waals surface area contributed by atoms with Gasteiger partial charge in [0, 0.05) is 32.6 Å². The average molecular weight is 259 g/mol. The van der Waals surface area contributed by atoms with Gasteiger partial charge in [-0.05, 0) is 6.42 Å². The minimum Gasteiger partial charge on any atom is -0.480 e. The number of nitrogens with one attached hydrogen (secondary N) is 1. The molecule has 7 heteroatoms. The first kappa shape index (κ1) is 14.9. The number of hydrogen-bond donors (Lipinski definition) is 3. The standard InChI is InChI=1S/C11H21N3O4/c12-9(11(16)17)1-2-10(15)13-3-4-14-5-7-18-8-6-14/h9H,1-8,12H2,(H,13,15)(H,16,17)/t9-/m0/s1. The Balaban J connectivity index is 2.04. The highest BCUT2D eigenvalue weighted by atomic mass is 16.5. The highest BCUT2D eigenvalue weighted by Gasteiger charge is 2.14. The number of amides is 1. The van der Waals surface area contributed by atoms with E-state index >= 15 is 0 Å². The monoisotopic (exact) mass is 259 g/mol. The van der Waals surface area contributed by atoms with Crippen molar-refractivity contribution >= 4 is 11.9 Å². The van der Waals surface area contributed by atoms with E-state index in [9.17, 15) is 9.59 Å². The predicted octanol–water partition coefficient (Wildman–Crippen LogP) is -1.37. The number of carbonyl (C=O) groups excluding carboxylic acids is 1. The molecule has 0 radical (unpaired) electrons. The summed E-state index contributed by atoms with van der Waals surface area (Å²) in [6.45, 7) is 4.61. The van der Waals surface area contributed by atoms with Crippen molar-refractivity contribution in [2.45, 2.75) is 18.9 Å². The highest BCUT2D eigenvalue weighted by Crippen LogP contribution is 1.96. The normalized spacial score (nSPS) is 18.3. The van der Waals surface area contributed by atoms with Crippen LogP contribution in [0.15, 0.2) is 0 Å². The smallest absolute Gasteiger partial charge is 0.320 e. The van der Waals surface area contributed by atoms with E-state index in [1.54, 1.807) is 0 Å². The van der Waals surface area contributed by atoms with Crippen LogP contribution in [0.25, 0.3) is 0 Å². The van der Waals surface area contributed by atoms with Gasteiger partial charge in [-0.3, -0.25) is 14.5 Å². The van der Waals surface area contributed by atoms with E-state index in [1.165, 1.54) is 0 Å². The van der Waals surface area contributed by atoms with Gasteiger partial charge < -0.3 is 20.9 Å². The van der Waals surface area contributed by atoms with E-state index in [1.807, 2.05) is 0 Å². The summed E-state index contributed by atoms with van der Waals surface area (Å²) in [6.07, 6.45) is 0.315. The van der Waals surface area contributed by atoms with E-state index in [2.05, 4.69) is 10.2 Å². The SMILES string of the molecule is N[C@@H](CCC(=O)NCCN1CCOCC1)C(=O)O. The molecule has 1 fully saturated rings. The molecule has 0 unspecified atom stereocenters. The third-order valence-electron chi connectivity index (χ3n) is 2.85. The maximum Gasteiger partial charge on any atom is 0.320 e. The molecule has 1 amide bonds. The molecule has 0 aromatic heterocycles. The van der Waals surface area contributed by atoms with Crippen molar-refractivity contribution in [3.63, 3.8) is 0 Å². The van der Waals surface area contributed by atoms with Crippen molar-refractivity contribution in [1.82, 2.24) is 10.2 Å². The topological polar surface area (TPSA) is 105 Å². The summed E-state index contributed by atoms with van der Waals surface area (Å²) in [4.78, 5) is 24.1. The Hall–Kier alpha value is -1.18. The molecule has 1 rings (SSSR count). The van der Waals surface area contributed by atoms with Gasteiger partial charge in [-0.15, -0.1) is 0 Å². The molecular formula is C11H21N3O4. The van der Waals surface area contributed by atoms with Crippen molar-refractivity contribution in [2.75, 3.05) is 39.4 Å². The summed E-state index contributed by atoms with van der Waals surface area (Å²) in [7, 11) is 0. The number of nitrogens with zero attached hydrogens (tertiary/aromatic N) is 1. The van der Waals surface area contributed by atoms with Crippen LogP contribution in [-0.4, -0.2) is 67.3 Å². The van der Waals surface area contributed by atoms with E-state index in [0.29, 0.717) is 6.54 Å². The Labute approximate surface area is 106 Å². The van der Waals surface area contributed by atoms with E-state index in [4.69, 9.17) is 15.6 Å². The maximum absolute atomic E-state index is 11.4. The molecule has 0 spiro atoms. The fourth-order valence-corrected chi connectivity index (χ4v) is 1.68. The number of hydrogen-bond acceptors (Lipinski definition) is 5. The van der Waals surface area contributed by atoms with Crippen LogP contribution in [0.2, 0.25) is 0 Å². The Kier molecular flexibility index (Phi) is 6.63. The first-order valence-electron chi connectivity index (χ1n) is 6.15. The summed E-state index contributed by atoms with van der Waals surface area (Å²) >= 11 is 0. The quantitative estimate of drug-likeness (QED) is 0.521. The largest absolute Gasteiger partial charge is 0.480 e. The van der Waals surface area contributed by atoms with Gasteiger partial charge in [0.2, 0.25) is 5.91 Å². The van der Waals surface area contributed by atoms with E-state index in [0.717, 1.165) is 32.8 Å². The fraction of sp³-hybridized carbons (Fsp3) is 0.818. The second-order valence-electron chi connectivity index (χ2n) is 4.29. The molecule has 0 aromatic carbocycles. The molecule has 1 heterocycles. The van der Waals surface area contributed by atoms with Crippen LogP contribution >= 0.6 is 0 Å². The molecule has 104 valence electrons. The van der Waals surface area contributed by atoms with Crippen LogP contribution in [0.4, 0.5) is 0 Å². The van der Waals surface area contributed by atoms with Crippen LogP contribution < -0.4 is 11.1 Å². The number of ether oxygens (including phenoxy) is 1. The second-order valence-corrected chi connectivity index (χ2v) is 4.29. The highest BCUT2D eigenvalue weighted by molar-refractivity contribution is 5.78. The lowest BCUT2D eigenvalue weighted by Gasteiger charge is -2.26. The third-order valence-corrected chi connectivity index (χ3v) is 2.85. The number of aliphatic carboxylic acids is 1. The second kappa shape index (κ2) is 8.02. The van der Waals surface area contributed by atoms with Crippen LogP contribution in [-0.2, 0) is 14.3 Å². The van der Waals surface area contributed by atoms with Gasteiger partial charge in [0.05, 0.1) is 13.2 Å². The molecular weight excluding hydrogens is 238 g/mol. The van der Waals surface area contributed by atoms with Gasteiger partial charge in [0.15, 0.2) is 0 Å². The van der Waals surface area contributed by atoms with Crippen molar-refractivity contribution in [1.29, 1.82) is 0 Å². The fourth-order valence-electron chi connectivity index (χ4n) is 1.68. The zero-order valence-electron chi connectivity index (χ0n) is 10.4. The molecule has 0 bridgehead atoms. The van der Waals surface area contributed by atoms with Gasteiger partial charge in [0.1, 0.15) is 6.04 Å². The van der Waals surface area contributed by atoms with Gasteiger partial charge in [-0.2, -0.15) is 0 Å². The first-order chi connectivity index (χ1) is 8.59. The molecule has 4 N–H and O–H groups in total. The molecule has 18 heavy (non-hydrogen) atoms. The number of carbonyl (C=O) groups is 2. The first-order valence-corrected chi connectivity index (χ1v) is 6.15. The Morgan fingerprint density at radius 2 is 2.06 bits per heavy atom. The maximum atomic E-state index is 11.4. The minimum atomic E-state index is -1.07. The van der Waals surface area contributed by atoms with Crippen LogP contribution in [0.3, 0.4) is 0 Å². The summed E-state index contributed by atoms with van der Waals surface area (Å²) < 4.78 is 5.22. The zero-order valence-corrected chi connectivity index (χ0v) is 10.4. The third kappa shape index (κ3) is 5.95. The summed E-state index contributed by atoms with van der Waals surface area (Å²) in [5.74, 6) is -1.23. The van der Waals surface area contributed by atoms with Crippen LogP contribution in [0.5, 0.6) is 0 Å². The van der Waals surface area contributed by atoms with Crippen molar-refractivity contribution in [3.05, 3.63) is 0 Å². The van der Waals surface area contributed by atoms with Gasteiger partial charge in [0.25, 0.3) is 0 Å². The molecule has 0 aliphatic carbocycles. The predicted molar refractivity (Wildman–Crippen MR) is 65.1 cm³/mol. The minimum absolute atomic E-state index is 0.149. The van der Waals surface area contributed by atoms with Gasteiger partial charge in [-0.25, -0.2) is 0 Å². The van der Waals surface area contributed by atoms with Crippen molar-refractivity contribution in [2.24, 2.45) is 5.73 Å². The summed E-state index contributed by atoms with van der Waals surface area (Å²) in [5.41, 5.74) is 5.31. The van der Waals surface area contributed by atoms with Crippen LogP contribution in [0.1, 0.15) is 12.8 Å². The summed E-state index contributed by atoms with van der Waals surface area (Å²) in [6, 6.07) is -0.963. The number of nitrogens with two attached hydrogens (primary N) is 1. The number of carboxylic acids is 1. The van der Waals surface area contributed by atoms with E-state index < -0.39 is 12.0 Å². The molecule has 1 aliphatic heterocycles. The zero-order chi connectivity index (χ0) is 13.4. The number of carboxylic acid groups (broad SMARTS) is 1. The van der Waals surface area contributed by atoms with Gasteiger partial charge in [-0.1, -0.05) is 0 Å². The number of morpholine rings is 1. The summed E-state index contributed by atoms with van der Waals surface area (Å²) in [5, 5.41) is 11.3. The Bertz CT molecular complexity index is 279. The van der Waals surface area contributed by atoms with Crippen molar-refractivity contribution in [3.8, 4) is 0 Å². The van der Waals surface area contributed by atoms with Crippen LogP contribution in [0, 0.1) is 0 Å². The molecule has 7 nitrogen and oxygen atoms in total. The molecule has 0 aromatic rings. The van der Waals surface area contributed by atoms with E-state index in [-0.39, 0.29) is 18.7 Å². The lowest BCUT2D eigenvalue weighted by molar-refractivity contribution is -0.138. The number of rotatable bonds is 7. The lowest BCUT2D eigenvalue weighted by atomic mass is 10.1. The average Bonchev–Trinajstić information content (AvgIpc) is 2.37. The van der Waals surface area contributed by atoms with Crippen molar-refractivity contribution < 1.29 is 19.4 Å². The Morgan fingerprint density at radius 3 is 2.67 bits per heavy atom. The lowest BCUT2D eigenvalue weighted by Crippen LogP contribution is -2.41. The molecule has 1 atom stereocenters. The molecule has 0 saturated carbocycles.